The molecule has 0 saturated carbocycles. The van der Waals surface area contributed by atoms with E-state index in [2.05, 4.69) is 5.32 Å². The summed E-state index contributed by atoms with van der Waals surface area (Å²) < 4.78 is 14.2. The van der Waals surface area contributed by atoms with Crippen molar-refractivity contribution >= 4 is 29.3 Å². The van der Waals surface area contributed by atoms with Crippen molar-refractivity contribution in [3.05, 3.63) is 107 Å². The number of carbonyl (C=O) groups excluding carboxylic acids is 2. The molecule has 4 rings (SSSR count). The summed E-state index contributed by atoms with van der Waals surface area (Å²) in [4.78, 5) is 28.3. The van der Waals surface area contributed by atoms with E-state index in [0.717, 1.165) is 10.5 Å². The molecule has 0 saturated heterocycles. The molecule has 3 aromatic rings. The number of fused-ring (bicyclic) bond motifs is 1. The lowest BCUT2D eigenvalue weighted by Crippen LogP contribution is -2.35. The van der Waals surface area contributed by atoms with E-state index < -0.39 is 0 Å². The van der Waals surface area contributed by atoms with Crippen molar-refractivity contribution in [2.24, 2.45) is 0 Å². The van der Waals surface area contributed by atoms with Gasteiger partial charge in [0.15, 0.2) is 0 Å². The minimum atomic E-state index is -0.366. The third-order valence-electron chi connectivity index (χ3n) is 4.94. The molecular weight excluding hydrogens is 411 g/mol. The number of anilines is 1. The summed E-state index contributed by atoms with van der Waals surface area (Å²) in [7, 11) is 0. The lowest BCUT2D eigenvalue weighted by Gasteiger charge is -2.30. The normalized spacial score (nSPS) is 14.4. The summed E-state index contributed by atoms with van der Waals surface area (Å²) in [5.41, 5.74) is 2.26. The second-order valence-corrected chi connectivity index (χ2v) is 8.17. The number of amides is 2. The molecule has 0 aromatic heterocycles. The molecule has 156 valence electrons. The molecule has 0 fully saturated rings. The van der Waals surface area contributed by atoms with Crippen LogP contribution in [-0.4, -0.2) is 18.4 Å². The highest BCUT2D eigenvalue weighted by Crippen LogP contribution is 2.41. The van der Waals surface area contributed by atoms with Crippen LogP contribution in [0.1, 0.15) is 11.1 Å². The summed E-state index contributed by atoms with van der Waals surface area (Å²) in [5, 5.41) is 2.84. The van der Waals surface area contributed by atoms with Gasteiger partial charge in [0.25, 0.3) is 5.91 Å². The number of benzene rings is 3. The molecule has 0 radical (unpaired) electrons. The third-order valence-corrected chi connectivity index (χ3v) is 6.01. The minimum absolute atomic E-state index is 0.0933. The zero-order chi connectivity index (χ0) is 21.6. The second-order valence-electron chi connectivity index (χ2n) is 7.09. The molecule has 0 atom stereocenters. The van der Waals surface area contributed by atoms with Crippen LogP contribution in [0.5, 0.6) is 0 Å². The number of rotatable bonds is 6. The third kappa shape index (κ3) is 5.03. The van der Waals surface area contributed by atoms with Crippen LogP contribution in [-0.2, 0) is 22.6 Å². The number of halogens is 1. The number of thioether (sulfide) groups is 1. The average molecular weight is 433 g/mol. The molecule has 6 heteroatoms. The SMILES string of the molecule is O=C(C=C1Sc2ccccc2N(Cc2ccccc2F)C1=O)NCCc1ccccc1. The number of hydrogen-bond donors (Lipinski definition) is 1. The van der Waals surface area contributed by atoms with Crippen LogP contribution in [0.15, 0.2) is 94.7 Å². The van der Waals surface area contributed by atoms with Crippen LogP contribution in [0.4, 0.5) is 10.1 Å². The fourth-order valence-corrected chi connectivity index (χ4v) is 4.39. The highest BCUT2D eigenvalue weighted by molar-refractivity contribution is 8.04. The molecule has 1 N–H and O–H groups in total. The summed E-state index contributed by atoms with van der Waals surface area (Å²) in [6.45, 7) is 0.567. The Bertz CT molecular complexity index is 1130. The first-order chi connectivity index (χ1) is 15.1. The van der Waals surface area contributed by atoms with Crippen molar-refractivity contribution in [2.75, 3.05) is 11.4 Å². The minimum Gasteiger partial charge on any atom is -0.352 e. The van der Waals surface area contributed by atoms with Gasteiger partial charge in [-0.1, -0.05) is 72.4 Å². The quantitative estimate of drug-likeness (QED) is 0.574. The van der Waals surface area contributed by atoms with E-state index in [-0.39, 0.29) is 24.2 Å². The van der Waals surface area contributed by atoms with Gasteiger partial charge in [0, 0.05) is 23.1 Å². The monoisotopic (exact) mass is 432 g/mol. The van der Waals surface area contributed by atoms with Crippen molar-refractivity contribution in [1.29, 1.82) is 0 Å². The van der Waals surface area contributed by atoms with Crippen molar-refractivity contribution in [1.82, 2.24) is 5.32 Å². The maximum absolute atomic E-state index is 14.2. The van der Waals surface area contributed by atoms with Crippen LogP contribution < -0.4 is 10.2 Å². The molecular formula is C25H21FN2O2S. The van der Waals surface area contributed by atoms with Crippen molar-refractivity contribution in [2.45, 2.75) is 17.9 Å². The molecule has 0 bridgehead atoms. The lowest BCUT2D eigenvalue weighted by molar-refractivity contribution is -0.118. The molecule has 4 nitrogen and oxygen atoms in total. The predicted molar refractivity (Wildman–Crippen MR) is 121 cm³/mol. The highest BCUT2D eigenvalue weighted by atomic mass is 32.2. The van der Waals surface area contributed by atoms with Gasteiger partial charge in [0.05, 0.1) is 17.1 Å². The Hall–Kier alpha value is -3.38. The van der Waals surface area contributed by atoms with E-state index in [1.54, 1.807) is 18.2 Å². The number of carbonyl (C=O) groups is 2. The molecule has 2 amide bonds. The second kappa shape index (κ2) is 9.62. The molecule has 31 heavy (non-hydrogen) atoms. The van der Waals surface area contributed by atoms with Gasteiger partial charge in [0.2, 0.25) is 5.91 Å². The molecule has 3 aromatic carbocycles. The highest BCUT2D eigenvalue weighted by Gasteiger charge is 2.30. The van der Waals surface area contributed by atoms with E-state index in [1.165, 1.54) is 28.8 Å². The first-order valence-electron chi connectivity index (χ1n) is 9.97. The van der Waals surface area contributed by atoms with Crippen LogP contribution in [0.25, 0.3) is 0 Å². The molecule has 1 heterocycles. The van der Waals surface area contributed by atoms with E-state index in [9.17, 15) is 14.0 Å². The Kier molecular flexibility index (Phi) is 6.48. The number of nitrogens with one attached hydrogen (secondary N) is 1. The summed E-state index contributed by atoms with van der Waals surface area (Å²) in [5.74, 6) is -1.00. The van der Waals surface area contributed by atoms with Gasteiger partial charge in [-0.3, -0.25) is 9.59 Å². The van der Waals surface area contributed by atoms with E-state index in [4.69, 9.17) is 0 Å². The van der Waals surface area contributed by atoms with Gasteiger partial charge < -0.3 is 10.2 Å². The largest absolute Gasteiger partial charge is 0.352 e. The first-order valence-corrected chi connectivity index (χ1v) is 10.8. The number of hydrogen-bond acceptors (Lipinski definition) is 3. The Morgan fingerprint density at radius 1 is 0.968 bits per heavy atom. The zero-order valence-electron chi connectivity index (χ0n) is 16.8. The molecule has 0 unspecified atom stereocenters. The van der Waals surface area contributed by atoms with Crippen molar-refractivity contribution in [3.63, 3.8) is 0 Å². The van der Waals surface area contributed by atoms with Gasteiger partial charge in [-0.05, 0) is 30.2 Å². The number of para-hydroxylation sites is 1. The van der Waals surface area contributed by atoms with Crippen LogP contribution in [0.3, 0.4) is 0 Å². The van der Waals surface area contributed by atoms with E-state index in [0.29, 0.717) is 29.1 Å². The van der Waals surface area contributed by atoms with Gasteiger partial charge in [-0.15, -0.1) is 0 Å². The smallest absolute Gasteiger partial charge is 0.265 e. The fraction of sp³-hybridized carbons (Fsp3) is 0.120. The maximum Gasteiger partial charge on any atom is 0.265 e. The first kappa shape index (κ1) is 20.9. The Balaban J connectivity index is 1.51. The summed E-state index contributed by atoms with van der Waals surface area (Å²) >= 11 is 1.26. The maximum atomic E-state index is 14.2. The summed E-state index contributed by atoms with van der Waals surface area (Å²) in [6.07, 6.45) is 2.04. The van der Waals surface area contributed by atoms with Gasteiger partial charge in [-0.25, -0.2) is 4.39 Å². The Labute approximate surface area is 184 Å². The molecule has 1 aliphatic heterocycles. The van der Waals surface area contributed by atoms with Crippen molar-refractivity contribution < 1.29 is 14.0 Å². The molecule has 1 aliphatic rings. The van der Waals surface area contributed by atoms with E-state index >= 15 is 0 Å². The Morgan fingerprint density at radius 2 is 1.68 bits per heavy atom. The van der Waals surface area contributed by atoms with E-state index in [1.807, 2.05) is 54.6 Å². The fourth-order valence-electron chi connectivity index (χ4n) is 3.36. The molecule has 0 aliphatic carbocycles. The lowest BCUT2D eigenvalue weighted by atomic mass is 10.1. The van der Waals surface area contributed by atoms with Crippen molar-refractivity contribution in [3.8, 4) is 0 Å². The Morgan fingerprint density at radius 3 is 2.48 bits per heavy atom. The van der Waals surface area contributed by atoms with Gasteiger partial charge in [0.1, 0.15) is 5.82 Å². The van der Waals surface area contributed by atoms with Gasteiger partial charge >= 0.3 is 0 Å². The van der Waals surface area contributed by atoms with Crippen LogP contribution in [0, 0.1) is 5.82 Å². The van der Waals surface area contributed by atoms with Crippen LogP contribution in [0.2, 0.25) is 0 Å². The summed E-state index contributed by atoms with van der Waals surface area (Å²) in [6, 6.07) is 23.7. The molecule has 0 spiro atoms. The average Bonchev–Trinajstić information content (AvgIpc) is 2.78. The predicted octanol–water partition coefficient (Wildman–Crippen LogP) is 4.71. The number of nitrogens with zero attached hydrogens (tertiary/aromatic N) is 1. The zero-order valence-corrected chi connectivity index (χ0v) is 17.6. The topological polar surface area (TPSA) is 49.4 Å². The van der Waals surface area contributed by atoms with Crippen LogP contribution >= 0.6 is 11.8 Å². The standard InChI is InChI=1S/C25H21FN2O2S/c26-20-11-5-4-10-19(20)17-28-21-12-6-7-13-22(21)31-23(25(28)30)16-24(29)27-15-14-18-8-2-1-3-9-18/h1-13,16H,14-15,17H2,(H,27,29). The van der Waals surface area contributed by atoms with Gasteiger partial charge in [-0.2, -0.15) is 0 Å².